The van der Waals surface area contributed by atoms with Crippen molar-refractivity contribution in [3.8, 4) is 5.75 Å². The molecule has 0 saturated heterocycles. The molecule has 0 fully saturated rings. The van der Waals surface area contributed by atoms with Gasteiger partial charge in [-0.05, 0) is 38.1 Å². The highest BCUT2D eigenvalue weighted by Gasteiger charge is 2.26. The minimum atomic E-state index is -0.945. The molecule has 0 radical (unpaired) electrons. The van der Waals surface area contributed by atoms with E-state index in [1.807, 2.05) is 0 Å². The lowest BCUT2D eigenvalue weighted by molar-refractivity contribution is -0.0368. The van der Waals surface area contributed by atoms with Crippen LogP contribution < -0.4 is 4.74 Å². The van der Waals surface area contributed by atoms with E-state index in [9.17, 15) is 9.90 Å². The summed E-state index contributed by atoms with van der Waals surface area (Å²) in [7, 11) is 0. The zero-order valence-corrected chi connectivity index (χ0v) is 10.2. The summed E-state index contributed by atoms with van der Waals surface area (Å²) in [5.74, 6) is 0.528. The lowest BCUT2D eigenvalue weighted by atomic mass is 10.2. The Bertz CT molecular complexity index is 327. The predicted octanol–water partition coefficient (Wildman–Crippen LogP) is 2.37. The number of benzene rings is 1. The van der Waals surface area contributed by atoms with Crippen LogP contribution in [-0.2, 0) is 0 Å². The zero-order chi connectivity index (χ0) is 11.5. The third-order valence-corrected chi connectivity index (χ3v) is 2.24. The Balaban J connectivity index is 2.69. The van der Waals surface area contributed by atoms with Crippen molar-refractivity contribution < 1.29 is 14.6 Å². The van der Waals surface area contributed by atoms with E-state index < -0.39 is 10.6 Å². The minimum absolute atomic E-state index is 0.518. The van der Waals surface area contributed by atoms with Gasteiger partial charge in [0.25, 0.3) is 0 Å². The second-order valence-electron chi connectivity index (χ2n) is 3.72. The summed E-state index contributed by atoms with van der Waals surface area (Å²) in [5, 5.41) is 9.63. The number of aldehydes is 1. The molecule has 1 atom stereocenters. The van der Waals surface area contributed by atoms with Crippen LogP contribution in [0.5, 0.6) is 5.75 Å². The highest BCUT2D eigenvalue weighted by Crippen LogP contribution is 2.24. The molecule has 1 N–H and O–H groups in total. The van der Waals surface area contributed by atoms with Gasteiger partial charge in [-0.1, -0.05) is 15.9 Å². The van der Waals surface area contributed by atoms with Gasteiger partial charge in [0.1, 0.15) is 12.0 Å². The van der Waals surface area contributed by atoms with Crippen LogP contribution in [0.15, 0.2) is 24.3 Å². The number of carbonyl (C=O) groups excluding carboxylic acids is 1. The van der Waals surface area contributed by atoms with Gasteiger partial charge >= 0.3 is 0 Å². The first-order valence-electron chi connectivity index (χ1n) is 4.52. The predicted molar refractivity (Wildman–Crippen MR) is 61.5 cm³/mol. The van der Waals surface area contributed by atoms with Crippen LogP contribution >= 0.6 is 15.9 Å². The van der Waals surface area contributed by atoms with E-state index in [1.54, 1.807) is 38.1 Å². The van der Waals surface area contributed by atoms with Crippen molar-refractivity contribution in [3.05, 3.63) is 29.8 Å². The van der Waals surface area contributed by atoms with E-state index in [4.69, 9.17) is 4.74 Å². The first kappa shape index (κ1) is 12.2. The van der Waals surface area contributed by atoms with Crippen molar-refractivity contribution in [1.82, 2.24) is 0 Å². The van der Waals surface area contributed by atoms with Crippen LogP contribution in [0.25, 0.3) is 0 Å². The number of ether oxygens (including phenoxy) is 1. The molecule has 1 aromatic rings. The Morgan fingerprint density at radius 1 is 1.40 bits per heavy atom. The third-order valence-electron chi connectivity index (χ3n) is 1.85. The van der Waals surface area contributed by atoms with Gasteiger partial charge in [0.2, 0.25) is 6.29 Å². The molecule has 1 rings (SSSR count). The SMILES string of the molecule is CC(C)(Br)C(O)Oc1ccc(C=O)cc1. The van der Waals surface area contributed by atoms with Crippen molar-refractivity contribution in [2.24, 2.45) is 0 Å². The van der Waals surface area contributed by atoms with Crippen molar-refractivity contribution in [1.29, 1.82) is 0 Å². The van der Waals surface area contributed by atoms with Gasteiger partial charge in [-0.3, -0.25) is 4.79 Å². The maximum absolute atomic E-state index is 10.4. The summed E-state index contributed by atoms with van der Waals surface area (Å²) < 4.78 is 4.75. The molecule has 4 heteroatoms. The molecule has 0 amide bonds. The van der Waals surface area contributed by atoms with Crippen LogP contribution in [-0.4, -0.2) is 22.0 Å². The molecule has 0 aliphatic carbocycles. The van der Waals surface area contributed by atoms with Gasteiger partial charge in [0.15, 0.2) is 0 Å². The van der Waals surface area contributed by atoms with Gasteiger partial charge in [0, 0.05) is 5.56 Å². The molecule has 1 unspecified atom stereocenters. The number of aliphatic hydroxyl groups excluding tert-OH is 1. The van der Waals surface area contributed by atoms with Gasteiger partial charge in [-0.25, -0.2) is 0 Å². The van der Waals surface area contributed by atoms with Crippen LogP contribution in [0.3, 0.4) is 0 Å². The Hall–Kier alpha value is -0.870. The first-order valence-corrected chi connectivity index (χ1v) is 5.31. The van der Waals surface area contributed by atoms with Crippen LogP contribution in [0.1, 0.15) is 24.2 Å². The molecular weight excluding hydrogens is 260 g/mol. The summed E-state index contributed by atoms with van der Waals surface area (Å²) in [6, 6.07) is 6.56. The molecular formula is C11H13BrO3. The van der Waals surface area contributed by atoms with E-state index in [2.05, 4.69) is 15.9 Å². The molecule has 3 nitrogen and oxygen atoms in total. The topological polar surface area (TPSA) is 46.5 Å². The molecule has 1 aromatic carbocycles. The molecule has 82 valence electrons. The largest absolute Gasteiger partial charge is 0.464 e. The Kier molecular flexibility index (Phi) is 3.88. The smallest absolute Gasteiger partial charge is 0.212 e. The number of alkyl halides is 1. The molecule has 0 heterocycles. The van der Waals surface area contributed by atoms with Crippen molar-refractivity contribution in [3.63, 3.8) is 0 Å². The van der Waals surface area contributed by atoms with E-state index in [0.29, 0.717) is 11.3 Å². The maximum Gasteiger partial charge on any atom is 0.212 e. The van der Waals surface area contributed by atoms with Crippen LogP contribution in [0, 0.1) is 0 Å². The molecule has 0 spiro atoms. The van der Waals surface area contributed by atoms with Crippen LogP contribution in [0.2, 0.25) is 0 Å². The molecule has 0 bridgehead atoms. The lowest BCUT2D eigenvalue weighted by Crippen LogP contribution is -2.34. The average Bonchev–Trinajstić information content (AvgIpc) is 2.17. The number of rotatable bonds is 4. The van der Waals surface area contributed by atoms with E-state index in [0.717, 1.165) is 6.29 Å². The number of hydrogen-bond donors (Lipinski definition) is 1. The zero-order valence-electron chi connectivity index (χ0n) is 8.61. The number of aliphatic hydroxyl groups is 1. The first-order chi connectivity index (χ1) is 6.93. The Morgan fingerprint density at radius 2 is 1.93 bits per heavy atom. The number of carbonyl (C=O) groups is 1. The number of hydrogen-bond acceptors (Lipinski definition) is 3. The van der Waals surface area contributed by atoms with Crippen molar-refractivity contribution in [2.45, 2.75) is 24.5 Å². The lowest BCUT2D eigenvalue weighted by Gasteiger charge is -2.24. The highest BCUT2D eigenvalue weighted by atomic mass is 79.9. The summed E-state index contributed by atoms with van der Waals surface area (Å²) >= 11 is 3.30. The summed E-state index contributed by atoms with van der Waals surface area (Å²) in [4.78, 5) is 10.4. The second-order valence-corrected chi connectivity index (χ2v) is 5.77. The second kappa shape index (κ2) is 4.77. The van der Waals surface area contributed by atoms with E-state index >= 15 is 0 Å². The Morgan fingerprint density at radius 3 is 2.33 bits per heavy atom. The maximum atomic E-state index is 10.4. The number of halogens is 1. The molecule has 0 aliphatic heterocycles. The van der Waals surface area contributed by atoms with Crippen LogP contribution in [0.4, 0.5) is 0 Å². The highest BCUT2D eigenvalue weighted by molar-refractivity contribution is 9.10. The van der Waals surface area contributed by atoms with Gasteiger partial charge in [0.05, 0.1) is 4.32 Å². The Labute approximate surface area is 97.2 Å². The fourth-order valence-corrected chi connectivity index (χ4v) is 0.987. The summed E-state index contributed by atoms with van der Waals surface area (Å²) in [6.45, 7) is 3.61. The fraction of sp³-hybridized carbons (Fsp3) is 0.364. The summed E-state index contributed by atoms with van der Waals surface area (Å²) in [6.07, 6.45) is -0.186. The van der Waals surface area contributed by atoms with Crippen molar-refractivity contribution in [2.75, 3.05) is 0 Å². The van der Waals surface area contributed by atoms with E-state index in [-0.39, 0.29) is 0 Å². The van der Waals surface area contributed by atoms with Gasteiger partial charge in [-0.2, -0.15) is 0 Å². The summed E-state index contributed by atoms with van der Waals surface area (Å²) in [5.41, 5.74) is 0.579. The monoisotopic (exact) mass is 272 g/mol. The fourth-order valence-electron chi connectivity index (χ4n) is 0.894. The third kappa shape index (κ3) is 3.64. The average molecular weight is 273 g/mol. The van der Waals surface area contributed by atoms with Crippen molar-refractivity contribution >= 4 is 22.2 Å². The van der Waals surface area contributed by atoms with Gasteiger partial charge < -0.3 is 9.84 Å². The molecule has 0 aromatic heterocycles. The van der Waals surface area contributed by atoms with Gasteiger partial charge in [-0.15, -0.1) is 0 Å². The minimum Gasteiger partial charge on any atom is -0.464 e. The molecule has 0 aliphatic rings. The molecule has 0 saturated carbocycles. The normalized spacial score (nSPS) is 13.3. The van der Waals surface area contributed by atoms with E-state index in [1.165, 1.54) is 0 Å². The standard InChI is InChI=1S/C11H13BrO3/c1-11(2,12)10(14)15-9-5-3-8(7-13)4-6-9/h3-7,10,14H,1-2H3. The quantitative estimate of drug-likeness (QED) is 0.520. The molecule has 15 heavy (non-hydrogen) atoms.